The predicted octanol–water partition coefficient (Wildman–Crippen LogP) is 1.23. The van der Waals surface area contributed by atoms with Crippen molar-refractivity contribution >= 4 is 17.6 Å². The standard InChI is InChI=1S/C22H21N3O6/c1-13-7-6-10-15(18(13)27)21(29)31-12-16(26)17-19(23)25(22(30)24(2)20(17)28)11-14-8-4-3-5-9-14/h3-10,27H,11-12,23H2,1-2H3. The number of hydrogen-bond donors (Lipinski definition) is 2. The molecule has 0 saturated heterocycles. The second kappa shape index (κ2) is 8.70. The third-order valence-electron chi connectivity index (χ3n) is 4.84. The van der Waals surface area contributed by atoms with Crippen LogP contribution >= 0.6 is 0 Å². The SMILES string of the molecule is Cc1cccc(C(=O)OCC(=O)c2c(N)n(Cc3ccccc3)c(=O)n(C)c2=O)c1O. The van der Waals surface area contributed by atoms with Gasteiger partial charge >= 0.3 is 11.7 Å². The monoisotopic (exact) mass is 423 g/mol. The van der Waals surface area contributed by atoms with Crippen LogP contribution in [0.25, 0.3) is 0 Å². The second-order valence-electron chi connectivity index (χ2n) is 6.95. The predicted molar refractivity (Wildman–Crippen MR) is 113 cm³/mol. The number of phenolic OH excluding ortho intramolecular Hbond substituents is 1. The van der Waals surface area contributed by atoms with Crippen LogP contribution in [-0.2, 0) is 18.3 Å². The molecular formula is C22H21N3O6. The van der Waals surface area contributed by atoms with Gasteiger partial charge in [-0.2, -0.15) is 0 Å². The molecule has 0 bridgehead atoms. The van der Waals surface area contributed by atoms with E-state index in [4.69, 9.17) is 10.5 Å². The molecular weight excluding hydrogens is 402 g/mol. The van der Waals surface area contributed by atoms with Crippen LogP contribution in [0.5, 0.6) is 5.75 Å². The molecule has 1 heterocycles. The fourth-order valence-electron chi connectivity index (χ4n) is 3.07. The van der Waals surface area contributed by atoms with Crippen molar-refractivity contribution in [1.29, 1.82) is 0 Å². The molecule has 31 heavy (non-hydrogen) atoms. The number of nitrogen functional groups attached to an aromatic ring is 1. The summed E-state index contributed by atoms with van der Waals surface area (Å²) >= 11 is 0. The Morgan fingerprint density at radius 2 is 1.74 bits per heavy atom. The lowest BCUT2D eigenvalue weighted by Crippen LogP contribution is -2.43. The van der Waals surface area contributed by atoms with Crippen molar-refractivity contribution in [1.82, 2.24) is 9.13 Å². The zero-order valence-electron chi connectivity index (χ0n) is 17.0. The van der Waals surface area contributed by atoms with E-state index in [-0.39, 0.29) is 23.7 Å². The number of aromatic hydroxyl groups is 1. The highest BCUT2D eigenvalue weighted by Gasteiger charge is 2.23. The Labute approximate surface area is 176 Å². The van der Waals surface area contributed by atoms with Gasteiger partial charge in [-0.3, -0.25) is 18.7 Å². The Hall–Kier alpha value is -4.14. The summed E-state index contributed by atoms with van der Waals surface area (Å²) in [4.78, 5) is 50.0. The number of phenols is 1. The average Bonchev–Trinajstić information content (AvgIpc) is 2.76. The quantitative estimate of drug-likeness (QED) is 0.450. The average molecular weight is 423 g/mol. The van der Waals surface area contributed by atoms with Gasteiger partial charge in [-0.15, -0.1) is 0 Å². The zero-order chi connectivity index (χ0) is 22.7. The highest BCUT2D eigenvalue weighted by atomic mass is 16.5. The Kier molecular flexibility index (Phi) is 6.05. The van der Waals surface area contributed by atoms with Gasteiger partial charge < -0.3 is 15.6 Å². The highest BCUT2D eigenvalue weighted by Crippen LogP contribution is 2.22. The maximum absolute atomic E-state index is 12.7. The normalized spacial score (nSPS) is 10.6. The molecule has 9 nitrogen and oxygen atoms in total. The van der Waals surface area contributed by atoms with Gasteiger partial charge in [-0.1, -0.05) is 42.5 Å². The van der Waals surface area contributed by atoms with E-state index in [1.165, 1.54) is 13.1 Å². The van der Waals surface area contributed by atoms with Crippen molar-refractivity contribution in [3.05, 3.63) is 91.6 Å². The molecule has 0 spiro atoms. The molecule has 0 aliphatic rings. The van der Waals surface area contributed by atoms with Gasteiger partial charge in [0.15, 0.2) is 6.61 Å². The lowest BCUT2D eigenvalue weighted by molar-refractivity contribution is 0.0471. The van der Waals surface area contributed by atoms with Crippen LogP contribution in [0.1, 0.15) is 31.8 Å². The molecule has 160 valence electrons. The van der Waals surface area contributed by atoms with Gasteiger partial charge in [0.1, 0.15) is 22.7 Å². The Balaban J connectivity index is 1.90. The number of aryl methyl sites for hydroxylation is 1. The molecule has 3 aromatic rings. The summed E-state index contributed by atoms with van der Waals surface area (Å²) in [5.74, 6) is -2.36. The van der Waals surface area contributed by atoms with Crippen molar-refractivity contribution < 1.29 is 19.4 Å². The molecule has 0 aliphatic carbocycles. The van der Waals surface area contributed by atoms with Crippen molar-refractivity contribution in [2.75, 3.05) is 12.3 Å². The number of rotatable bonds is 6. The molecule has 0 aliphatic heterocycles. The fraction of sp³-hybridized carbons (Fsp3) is 0.182. The smallest absolute Gasteiger partial charge is 0.342 e. The van der Waals surface area contributed by atoms with Crippen molar-refractivity contribution in [2.45, 2.75) is 13.5 Å². The molecule has 3 rings (SSSR count). The zero-order valence-corrected chi connectivity index (χ0v) is 17.0. The number of carbonyl (C=O) groups is 2. The van der Waals surface area contributed by atoms with E-state index in [1.54, 1.807) is 43.3 Å². The van der Waals surface area contributed by atoms with Crippen molar-refractivity contribution in [3.8, 4) is 5.75 Å². The minimum Gasteiger partial charge on any atom is -0.507 e. The number of nitrogens with two attached hydrogens (primary N) is 1. The Bertz CT molecular complexity index is 1270. The number of ether oxygens (including phenoxy) is 1. The number of para-hydroxylation sites is 1. The maximum atomic E-state index is 12.7. The molecule has 3 N–H and O–H groups in total. The van der Waals surface area contributed by atoms with Crippen LogP contribution in [0.15, 0.2) is 58.1 Å². The number of nitrogens with zero attached hydrogens (tertiary/aromatic N) is 2. The first kappa shape index (κ1) is 21.6. The highest BCUT2D eigenvalue weighted by molar-refractivity contribution is 6.02. The minimum absolute atomic E-state index is 0.0524. The van der Waals surface area contributed by atoms with E-state index < -0.39 is 35.2 Å². The van der Waals surface area contributed by atoms with E-state index in [2.05, 4.69) is 0 Å². The van der Waals surface area contributed by atoms with Crippen LogP contribution in [0.3, 0.4) is 0 Å². The van der Waals surface area contributed by atoms with Crippen LogP contribution in [0.2, 0.25) is 0 Å². The molecule has 0 radical (unpaired) electrons. The number of aromatic nitrogens is 2. The lowest BCUT2D eigenvalue weighted by atomic mass is 10.1. The van der Waals surface area contributed by atoms with E-state index in [9.17, 15) is 24.3 Å². The van der Waals surface area contributed by atoms with E-state index in [1.807, 2.05) is 6.07 Å². The number of anilines is 1. The third-order valence-corrected chi connectivity index (χ3v) is 4.84. The molecule has 1 aromatic heterocycles. The summed E-state index contributed by atoms with van der Waals surface area (Å²) in [7, 11) is 1.24. The van der Waals surface area contributed by atoms with Gasteiger partial charge in [-0.25, -0.2) is 9.59 Å². The Morgan fingerprint density at radius 1 is 1.06 bits per heavy atom. The van der Waals surface area contributed by atoms with E-state index >= 15 is 0 Å². The summed E-state index contributed by atoms with van der Waals surface area (Å²) in [6, 6.07) is 13.4. The van der Waals surface area contributed by atoms with Gasteiger partial charge in [0, 0.05) is 7.05 Å². The second-order valence-corrected chi connectivity index (χ2v) is 6.95. The van der Waals surface area contributed by atoms with Crippen LogP contribution < -0.4 is 17.0 Å². The molecule has 0 amide bonds. The number of esters is 1. The summed E-state index contributed by atoms with van der Waals surface area (Å²) in [6.07, 6.45) is 0. The Morgan fingerprint density at radius 3 is 2.42 bits per heavy atom. The molecule has 0 saturated carbocycles. The number of ketones is 1. The van der Waals surface area contributed by atoms with Gasteiger partial charge in [-0.05, 0) is 24.1 Å². The van der Waals surface area contributed by atoms with Crippen molar-refractivity contribution in [2.24, 2.45) is 7.05 Å². The number of Topliss-reactive ketones (excluding diaryl/α,β-unsaturated/α-hetero) is 1. The number of benzene rings is 2. The van der Waals surface area contributed by atoms with Crippen LogP contribution in [-0.4, -0.2) is 32.6 Å². The van der Waals surface area contributed by atoms with Gasteiger partial charge in [0.2, 0.25) is 5.78 Å². The van der Waals surface area contributed by atoms with E-state index in [0.717, 1.165) is 14.7 Å². The molecule has 0 fully saturated rings. The number of hydrogen-bond acceptors (Lipinski definition) is 7. The first-order chi connectivity index (χ1) is 14.7. The lowest BCUT2D eigenvalue weighted by Gasteiger charge is -2.15. The number of carbonyl (C=O) groups excluding carboxylic acids is 2. The first-order valence-corrected chi connectivity index (χ1v) is 9.34. The van der Waals surface area contributed by atoms with Crippen LogP contribution in [0, 0.1) is 6.92 Å². The van der Waals surface area contributed by atoms with E-state index in [0.29, 0.717) is 5.56 Å². The molecule has 2 aromatic carbocycles. The first-order valence-electron chi connectivity index (χ1n) is 9.34. The van der Waals surface area contributed by atoms with Crippen molar-refractivity contribution in [3.63, 3.8) is 0 Å². The largest absolute Gasteiger partial charge is 0.507 e. The minimum atomic E-state index is -0.928. The molecule has 9 heteroatoms. The summed E-state index contributed by atoms with van der Waals surface area (Å²) in [5, 5.41) is 9.98. The fourth-order valence-corrected chi connectivity index (χ4v) is 3.07. The molecule has 0 unspecified atom stereocenters. The summed E-state index contributed by atoms with van der Waals surface area (Å²) in [5.41, 5.74) is 5.11. The topological polar surface area (TPSA) is 134 Å². The van der Waals surface area contributed by atoms with Gasteiger partial charge in [0.05, 0.1) is 6.54 Å². The summed E-state index contributed by atoms with van der Waals surface area (Å²) in [6.45, 7) is 0.879. The third kappa shape index (κ3) is 4.25. The van der Waals surface area contributed by atoms with Crippen LogP contribution in [0.4, 0.5) is 5.82 Å². The molecule has 0 atom stereocenters. The maximum Gasteiger partial charge on any atom is 0.342 e. The summed E-state index contributed by atoms with van der Waals surface area (Å²) < 4.78 is 6.87. The van der Waals surface area contributed by atoms with Gasteiger partial charge in [0.25, 0.3) is 5.56 Å².